The second kappa shape index (κ2) is 4.20. The first-order valence-electron chi connectivity index (χ1n) is 4.15. The molecule has 0 aliphatic rings. The first-order valence-corrected chi connectivity index (χ1v) is 4.15. The van der Waals surface area contributed by atoms with E-state index in [1.54, 1.807) is 0 Å². The molecule has 0 atom stereocenters. The van der Waals surface area contributed by atoms with E-state index in [4.69, 9.17) is 0 Å². The Kier molecular flexibility index (Phi) is 3.22. The van der Waals surface area contributed by atoms with Gasteiger partial charge in [0.25, 0.3) is 6.43 Å². The highest BCUT2D eigenvalue weighted by Gasteiger charge is 2.08. The standard InChI is InChI=1S/C8H13F2N3/c1-6(2)12-8-11-3-4-13(8)5-7(9)10/h3-4,6-7H,5H2,1-2H3,(H,11,12). The first-order chi connectivity index (χ1) is 6.09. The number of aromatic nitrogens is 2. The number of rotatable bonds is 4. The van der Waals surface area contributed by atoms with Gasteiger partial charge in [-0.1, -0.05) is 0 Å². The Bertz CT molecular complexity index is 233. The van der Waals surface area contributed by atoms with Gasteiger partial charge in [-0.25, -0.2) is 13.8 Å². The van der Waals surface area contributed by atoms with Crippen LogP contribution in [0.3, 0.4) is 0 Å². The van der Waals surface area contributed by atoms with Crippen molar-refractivity contribution in [1.82, 2.24) is 9.55 Å². The number of halogens is 2. The maximum Gasteiger partial charge on any atom is 0.256 e. The van der Waals surface area contributed by atoms with Crippen molar-refractivity contribution in [2.75, 3.05) is 5.32 Å². The number of anilines is 1. The van der Waals surface area contributed by atoms with Gasteiger partial charge in [-0.3, -0.25) is 0 Å². The summed E-state index contributed by atoms with van der Waals surface area (Å²) in [4.78, 5) is 3.93. The van der Waals surface area contributed by atoms with Crippen molar-refractivity contribution in [3.63, 3.8) is 0 Å². The van der Waals surface area contributed by atoms with Crippen molar-refractivity contribution >= 4 is 5.95 Å². The molecule has 13 heavy (non-hydrogen) atoms. The topological polar surface area (TPSA) is 29.9 Å². The third-order valence-electron chi connectivity index (χ3n) is 1.47. The third-order valence-corrected chi connectivity index (χ3v) is 1.47. The lowest BCUT2D eigenvalue weighted by molar-refractivity contribution is 0.127. The van der Waals surface area contributed by atoms with E-state index in [2.05, 4.69) is 10.3 Å². The fourth-order valence-corrected chi connectivity index (χ4v) is 1.00. The van der Waals surface area contributed by atoms with E-state index in [1.165, 1.54) is 17.0 Å². The molecule has 0 spiro atoms. The molecule has 3 nitrogen and oxygen atoms in total. The molecule has 1 heterocycles. The van der Waals surface area contributed by atoms with Gasteiger partial charge in [0.05, 0.1) is 6.54 Å². The molecule has 0 aliphatic heterocycles. The van der Waals surface area contributed by atoms with Crippen LogP contribution in [-0.2, 0) is 6.54 Å². The van der Waals surface area contributed by atoms with Crippen LogP contribution in [0.4, 0.5) is 14.7 Å². The predicted molar refractivity (Wildman–Crippen MR) is 47.0 cm³/mol. The van der Waals surface area contributed by atoms with Crippen LogP contribution in [0.15, 0.2) is 12.4 Å². The quantitative estimate of drug-likeness (QED) is 0.784. The molecule has 74 valence electrons. The Morgan fingerprint density at radius 2 is 2.23 bits per heavy atom. The Morgan fingerprint density at radius 3 is 2.77 bits per heavy atom. The van der Waals surface area contributed by atoms with Crippen LogP contribution >= 0.6 is 0 Å². The lowest BCUT2D eigenvalue weighted by Gasteiger charge is -2.11. The normalized spacial score (nSPS) is 11.2. The van der Waals surface area contributed by atoms with Gasteiger partial charge < -0.3 is 9.88 Å². The van der Waals surface area contributed by atoms with Crippen LogP contribution in [0, 0.1) is 0 Å². The molecule has 0 aromatic carbocycles. The zero-order chi connectivity index (χ0) is 9.84. The number of nitrogens with one attached hydrogen (secondary N) is 1. The fraction of sp³-hybridized carbons (Fsp3) is 0.625. The summed E-state index contributed by atoms with van der Waals surface area (Å²) in [5.74, 6) is 0.496. The molecule has 1 rings (SSSR count). The molecule has 0 saturated carbocycles. The minimum absolute atomic E-state index is 0.193. The average Bonchev–Trinajstić information content (AvgIpc) is 2.34. The van der Waals surface area contributed by atoms with Gasteiger partial charge in [0.2, 0.25) is 5.95 Å². The van der Waals surface area contributed by atoms with Crippen LogP contribution in [0.5, 0.6) is 0 Å². The average molecular weight is 189 g/mol. The van der Waals surface area contributed by atoms with E-state index < -0.39 is 6.43 Å². The highest BCUT2D eigenvalue weighted by atomic mass is 19.3. The second-order valence-corrected chi connectivity index (χ2v) is 3.09. The van der Waals surface area contributed by atoms with Gasteiger partial charge in [-0.05, 0) is 13.8 Å². The fourth-order valence-electron chi connectivity index (χ4n) is 1.00. The van der Waals surface area contributed by atoms with Gasteiger partial charge in [0.1, 0.15) is 0 Å². The minimum Gasteiger partial charge on any atom is -0.353 e. The SMILES string of the molecule is CC(C)Nc1nccn1CC(F)F. The molecule has 1 aromatic rings. The molecule has 0 amide bonds. The molecule has 0 fully saturated rings. The minimum atomic E-state index is -2.35. The maximum atomic E-state index is 12.0. The molecular formula is C8H13F2N3. The Balaban J connectivity index is 2.65. The van der Waals surface area contributed by atoms with Crippen molar-refractivity contribution in [2.24, 2.45) is 0 Å². The maximum absolute atomic E-state index is 12.0. The largest absolute Gasteiger partial charge is 0.353 e. The van der Waals surface area contributed by atoms with Gasteiger partial charge in [0, 0.05) is 18.4 Å². The van der Waals surface area contributed by atoms with Crippen molar-refractivity contribution in [2.45, 2.75) is 32.9 Å². The van der Waals surface area contributed by atoms with Gasteiger partial charge in [0.15, 0.2) is 0 Å². The van der Waals surface area contributed by atoms with Crippen molar-refractivity contribution < 1.29 is 8.78 Å². The Hall–Kier alpha value is -1.13. The zero-order valence-electron chi connectivity index (χ0n) is 7.67. The molecule has 0 aliphatic carbocycles. The van der Waals surface area contributed by atoms with Gasteiger partial charge in [-0.15, -0.1) is 0 Å². The highest BCUT2D eigenvalue weighted by molar-refractivity contribution is 5.26. The molecular weight excluding hydrogens is 176 g/mol. The summed E-state index contributed by atoms with van der Waals surface area (Å²) in [7, 11) is 0. The predicted octanol–water partition coefficient (Wildman–Crippen LogP) is 1.97. The van der Waals surface area contributed by atoms with E-state index in [-0.39, 0.29) is 12.6 Å². The van der Waals surface area contributed by atoms with Crippen molar-refractivity contribution in [1.29, 1.82) is 0 Å². The lowest BCUT2D eigenvalue weighted by atomic mass is 10.4. The van der Waals surface area contributed by atoms with Crippen LogP contribution in [0.2, 0.25) is 0 Å². The van der Waals surface area contributed by atoms with Gasteiger partial charge in [-0.2, -0.15) is 0 Å². The molecule has 1 N–H and O–H groups in total. The molecule has 1 aromatic heterocycles. The van der Waals surface area contributed by atoms with E-state index >= 15 is 0 Å². The van der Waals surface area contributed by atoms with Crippen LogP contribution in [0.1, 0.15) is 13.8 Å². The van der Waals surface area contributed by atoms with E-state index in [9.17, 15) is 8.78 Å². The monoisotopic (exact) mass is 189 g/mol. The number of nitrogens with zero attached hydrogens (tertiary/aromatic N) is 2. The molecule has 5 heteroatoms. The van der Waals surface area contributed by atoms with Crippen LogP contribution < -0.4 is 5.32 Å². The smallest absolute Gasteiger partial charge is 0.256 e. The summed E-state index contributed by atoms with van der Waals surface area (Å²) in [5.41, 5.74) is 0. The van der Waals surface area contributed by atoms with E-state index in [0.717, 1.165) is 0 Å². The summed E-state index contributed by atoms with van der Waals surface area (Å²) in [6.07, 6.45) is 0.700. The summed E-state index contributed by atoms with van der Waals surface area (Å²) in [6, 6.07) is 0.193. The van der Waals surface area contributed by atoms with Crippen LogP contribution in [0.25, 0.3) is 0 Å². The molecule has 0 bridgehead atoms. The van der Waals surface area contributed by atoms with Crippen molar-refractivity contribution in [3.8, 4) is 0 Å². The van der Waals surface area contributed by atoms with E-state index in [0.29, 0.717) is 5.95 Å². The third kappa shape index (κ3) is 3.01. The number of hydrogen-bond donors (Lipinski definition) is 1. The molecule has 0 radical (unpaired) electrons. The second-order valence-electron chi connectivity index (χ2n) is 3.09. The number of imidazole rings is 1. The number of alkyl halides is 2. The Morgan fingerprint density at radius 1 is 1.54 bits per heavy atom. The number of hydrogen-bond acceptors (Lipinski definition) is 2. The summed E-state index contributed by atoms with van der Waals surface area (Å²) in [6.45, 7) is 3.55. The van der Waals surface area contributed by atoms with Gasteiger partial charge >= 0.3 is 0 Å². The Labute approximate surface area is 75.8 Å². The lowest BCUT2D eigenvalue weighted by Crippen LogP contribution is -2.16. The molecule has 0 unspecified atom stereocenters. The van der Waals surface area contributed by atoms with Crippen LogP contribution in [-0.4, -0.2) is 22.0 Å². The van der Waals surface area contributed by atoms with Crippen molar-refractivity contribution in [3.05, 3.63) is 12.4 Å². The first kappa shape index (κ1) is 9.95. The summed E-state index contributed by atoms with van der Waals surface area (Å²) < 4.78 is 25.5. The highest BCUT2D eigenvalue weighted by Crippen LogP contribution is 2.08. The van der Waals surface area contributed by atoms with E-state index in [1.807, 2.05) is 13.8 Å². The summed E-state index contributed by atoms with van der Waals surface area (Å²) >= 11 is 0. The molecule has 0 saturated heterocycles. The zero-order valence-corrected chi connectivity index (χ0v) is 7.67. The summed E-state index contributed by atoms with van der Waals surface area (Å²) in [5, 5.41) is 2.98.